The van der Waals surface area contributed by atoms with Gasteiger partial charge in [0.15, 0.2) is 0 Å². The maximum Gasteiger partial charge on any atom is 0.268 e. The van der Waals surface area contributed by atoms with Crippen LogP contribution in [-0.4, -0.2) is 46.8 Å². The van der Waals surface area contributed by atoms with Crippen molar-refractivity contribution in [3.05, 3.63) is 35.5 Å². The van der Waals surface area contributed by atoms with Crippen molar-refractivity contribution >= 4 is 22.7 Å². The summed E-state index contributed by atoms with van der Waals surface area (Å²) in [5.74, 6) is 0.282. The number of benzene rings is 1. The van der Waals surface area contributed by atoms with E-state index in [1.54, 1.807) is 0 Å². The molecule has 5 rings (SSSR count). The highest BCUT2D eigenvalue weighted by Crippen LogP contribution is 2.43. The number of fused-ring (bicyclic) bond motifs is 1. The van der Waals surface area contributed by atoms with Gasteiger partial charge in [0.1, 0.15) is 24.0 Å². The van der Waals surface area contributed by atoms with Crippen LogP contribution < -0.4 is 16.0 Å². The minimum absolute atomic E-state index is 0.0709. The first-order valence-electron chi connectivity index (χ1n) is 12.1. The van der Waals surface area contributed by atoms with Gasteiger partial charge in [0.2, 0.25) is 5.91 Å². The van der Waals surface area contributed by atoms with Gasteiger partial charge in [-0.1, -0.05) is 25.0 Å². The van der Waals surface area contributed by atoms with Crippen LogP contribution in [0.25, 0.3) is 10.9 Å². The van der Waals surface area contributed by atoms with Gasteiger partial charge in [-0.2, -0.15) is 5.26 Å². The number of carbonyl (C=O) groups excluding carboxylic acids is 2. The molecule has 4 atom stereocenters. The van der Waals surface area contributed by atoms with Crippen LogP contribution in [0.1, 0.15) is 66.9 Å². The quantitative estimate of drug-likeness (QED) is 0.401. The van der Waals surface area contributed by atoms with E-state index in [4.69, 9.17) is 0 Å². The van der Waals surface area contributed by atoms with Crippen molar-refractivity contribution in [1.29, 1.82) is 5.26 Å². The number of hydrogen-bond donors (Lipinski definition) is 5. The van der Waals surface area contributed by atoms with Crippen LogP contribution >= 0.6 is 0 Å². The Morgan fingerprint density at radius 1 is 1.15 bits per heavy atom. The van der Waals surface area contributed by atoms with Crippen LogP contribution in [-0.2, 0) is 4.79 Å². The zero-order valence-electron chi connectivity index (χ0n) is 18.6. The number of H-pyrrole nitrogens is 1. The first kappa shape index (κ1) is 21.9. The topological polar surface area (TPSA) is 130 Å². The van der Waals surface area contributed by atoms with Crippen molar-refractivity contribution < 1.29 is 14.7 Å². The molecule has 0 radical (unpaired) electrons. The lowest BCUT2D eigenvalue weighted by atomic mass is 9.98. The largest absolute Gasteiger partial charge is 0.378 e. The Hall–Kier alpha value is -2.89. The molecule has 2 heterocycles. The molecule has 174 valence electrons. The molecule has 2 amide bonds. The van der Waals surface area contributed by atoms with Gasteiger partial charge in [-0.15, -0.1) is 0 Å². The highest BCUT2D eigenvalue weighted by molar-refractivity contribution is 6.01. The second-order valence-electron chi connectivity index (χ2n) is 9.84. The Balaban J connectivity index is 1.27. The van der Waals surface area contributed by atoms with E-state index in [0.29, 0.717) is 36.9 Å². The fourth-order valence-corrected chi connectivity index (χ4v) is 4.91. The molecule has 2 saturated carbocycles. The number of aliphatic hydroxyl groups is 1. The number of hydrogen-bond acceptors (Lipinski definition) is 5. The lowest BCUT2D eigenvalue weighted by Gasteiger charge is -2.22. The summed E-state index contributed by atoms with van der Waals surface area (Å²) < 4.78 is 0. The molecule has 0 bridgehead atoms. The van der Waals surface area contributed by atoms with E-state index in [-0.39, 0.29) is 17.7 Å². The second-order valence-corrected chi connectivity index (χ2v) is 9.84. The molecule has 5 N–H and O–H groups in total. The first-order chi connectivity index (χ1) is 16.0. The van der Waals surface area contributed by atoms with Gasteiger partial charge in [-0.25, -0.2) is 0 Å². The average molecular weight is 450 g/mol. The number of nitriles is 1. The minimum atomic E-state index is -0.704. The molecular formula is C25H31N5O3. The second kappa shape index (κ2) is 9.16. The summed E-state index contributed by atoms with van der Waals surface area (Å²) in [6, 6.07) is 8.73. The third-order valence-corrected chi connectivity index (χ3v) is 7.17. The maximum absolute atomic E-state index is 13.1. The number of aliphatic hydroxyl groups excluding tert-OH is 1. The molecule has 33 heavy (non-hydrogen) atoms. The molecule has 1 aliphatic heterocycles. The number of carbonyl (C=O) groups is 2. The molecule has 1 unspecified atom stereocenters. The van der Waals surface area contributed by atoms with E-state index >= 15 is 0 Å². The smallest absolute Gasteiger partial charge is 0.268 e. The van der Waals surface area contributed by atoms with Crippen LogP contribution in [0, 0.1) is 23.2 Å². The van der Waals surface area contributed by atoms with E-state index in [2.05, 4.69) is 33.1 Å². The Morgan fingerprint density at radius 2 is 1.97 bits per heavy atom. The molecule has 8 heteroatoms. The predicted molar refractivity (Wildman–Crippen MR) is 123 cm³/mol. The molecule has 3 aliphatic rings. The molecule has 8 nitrogen and oxygen atoms in total. The molecule has 1 aromatic carbocycles. The van der Waals surface area contributed by atoms with Gasteiger partial charge in [0.05, 0.1) is 6.07 Å². The summed E-state index contributed by atoms with van der Waals surface area (Å²) in [5.41, 5.74) is 2.65. The van der Waals surface area contributed by atoms with Crippen LogP contribution in [0.4, 0.5) is 0 Å². The Kier molecular flexibility index (Phi) is 6.09. The summed E-state index contributed by atoms with van der Waals surface area (Å²) in [6.45, 7) is 0.700. The zero-order chi connectivity index (χ0) is 22.9. The van der Waals surface area contributed by atoms with Gasteiger partial charge in [-0.05, 0) is 68.2 Å². The number of nitrogens with one attached hydrogen (secondary N) is 4. The van der Waals surface area contributed by atoms with Crippen molar-refractivity contribution in [3.8, 4) is 6.07 Å². The SMILES string of the molecule is N#C[C@H](C[C@@H]1CCNC1O)NC(=O)[C@H](CC1CC1)NC(=O)c1cc2c(C3CC3)cccc2[nH]1. The van der Waals surface area contributed by atoms with Gasteiger partial charge in [0, 0.05) is 16.8 Å². The average Bonchev–Trinajstić information content (AvgIpc) is 3.73. The zero-order valence-corrected chi connectivity index (χ0v) is 18.6. The Bertz CT molecular complexity index is 1080. The van der Waals surface area contributed by atoms with E-state index in [1.165, 1.54) is 18.4 Å². The van der Waals surface area contributed by atoms with Crippen molar-refractivity contribution in [2.45, 2.75) is 69.2 Å². The molecule has 1 aromatic heterocycles. The van der Waals surface area contributed by atoms with E-state index < -0.39 is 18.3 Å². The fourth-order valence-electron chi connectivity index (χ4n) is 4.91. The highest BCUT2D eigenvalue weighted by Gasteiger charge is 2.34. The fraction of sp³-hybridized carbons (Fsp3) is 0.560. The standard InChI is InChI=1S/C25H31N5O3/c26-13-17(11-16-8-9-27-23(16)31)28-24(32)21(10-14-4-5-14)30-25(33)22-12-19-18(15-6-7-15)2-1-3-20(19)29-22/h1-3,12,14-17,21,23,27,29,31H,4-11H2,(H,28,32)(H,30,33)/t16-,17-,21-,23?/m0/s1. The first-order valence-corrected chi connectivity index (χ1v) is 12.1. The van der Waals surface area contributed by atoms with Crippen LogP contribution in [0.5, 0.6) is 0 Å². The number of aromatic nitrogens is 1. The highest BCUT2D eigenvalue weighted by atomic mass is 16.3. The third-order valence-electron chi connectivity index (χ3n) is 7.17. The van der Waals surface area contributed by atoms with E-state index in [1.807, 2.05) is 18.2 Å². The van der Waals surface area contributed by atoms with Gasteiger partial charge in [-0.3, -0.25) is 14.9 Å². The molecular weight excluding hydrogens is 418 g/mol. The summed E-state index contributed by atoms with van der Waals surface area (Å²) in [7, 11) is 0. The molecule has 0 spiro atoms. The van der Waals surface area contributed by atoms with Gasteiger partial charge < -0.3 is 20.7 Å². The Morgan fingerprint density at radius 3 is 2.64 bits per heavy atom. The summed E-state index contributed by atoms with van der Waals surface area (Å²) in [4.78, 5) is 29.3. The van der Waals surface area contributed by atoms with Crippen molar-refractivity contribution in [2.75, 3.05) is 6.54 Å². The summed E-state index contributed by atoms with van der Waals surface area (Å²) in [6.07, 6.45) is 5.54. The van der Waals surface area contributed by atoms with Crippen LogP contribution in [0.2, 0.25) is 0 Å². The van der Waals surface area contributed by atoms with Gasteiger partial charge >= 0.3 is 0 Å². The monoisotopic (exact) mass is 449 g/mol. The van der Waals surface area contributed by atoms with Crippen molar-refractivity contribution in [1.82, 2.24) is 20.9 Å². The Labute approximate surface area is 193 Å². The lowest BCUT2D eigenvalue weighted by Crippen LogP contribution is -2.50. The summed E-state index contributed by atoms with van der Waals surface area (Å²) >= 11 is 0. The maximum atomic E-state index is 13.1. The number of nitrogens with zero attached hydrogens (tertiary/aromatic N) is 1. The van der Waals surface area contributed by atoms with Crippen molar-refractivity contribution in [2.24, 2.45) is 11.8 Å². The van der Waals surface area contributed by atoms with Crippen LogP contribution in [0.3, 0.4) is 0 Å². The van der Waals surface area contributed by atoms with Crippen molar-refractivity contribution in [3.63, 3.8) is 0 Å². The number of rotatable bonds is 9. The van der Waals surface area contributed by atoms with Crippen LogP contribution in [0.15, 0.2) is 24.3 Å². The van der Waals surface area contributed by atoms with E-state index in [0.717, 1.165) is 30.2 Å². The minimum Gasteiger partial charge on any atom is -0.378 e. The number of aromatic amines is 1. The van der Waals surface area contributed by atoms with Gasteiger partial charge in [0.25, 0.3) is 5.91 Å². The normalized spacial score (nSPS) is 24.2. The van der Waals surface area contributed by atoms with E-state index in [9.17, 15) is 20.0 Å². The molecule has 2 aliphatic carbocycles. The summed E-state index contributed by atoms with van der Waals surface area (Å²) in [5, 5.41) is 29.3. The molecule has 1 saturated heterocycles. The molecule has 2 aromatic rings. The molecule has 3 fully saturated rings. The third kappa shape index (κ3) is 5.05. The number of amides is 2. The predicted octanol–water partition coefficient (Wildman–Crippen LogP) is 2.27. The lowest BCUT2D eigenvalue weighted by molar-refractivity contribution is -0.123.